The van der Waals surface area contributed by atoms with Gasteiger partial charge in [0.05, 0.1) is 23.7 Å². The number of ether oxygens (including phenoxy) is 1. The van der Waals surface area contributed by atoms with Crippen LogP contribution in [0.15, 0.2) is 66.7 Å². The van der Waals surface area contributed by atoms with Gasteiger partial charge in [-0.3, -0.25) is 4.79 Å². The molecular weight excluding hydrogens is 373 g/mol. The molecule has 2 N–H and O–H groups in total. The molecule has 0 radical (unpaired) electrons. The molecule has 29 heavy (non-hydrogen) atoms. The normalized spacial score (nSPS) is 10.7. The summed E-state index contributed by atoms with van der Waals surface area (Å²) in [7, 11) is 1.29. The lowest BCUT2D eigenvalue weighted by molar-refractivity contribution is 0.0600. The summed E-state index contributed by atoms with van der Waals surface area (Å²) in [6, 6.07) is 17.7. The highest BCUT2D eigenvalue weighted by Gasteiger charge is 2.11. The third kappa shape index (κ3) is 3.84. The Morgan fingerprint density at radius 1 is 1.00 bits per heavy atom. The number of benzene rings is 3. The molecule has 1 amide bonds. The lowest BCUT2D eigenvalue weighted by atomic mass is 10.1. The molecule has 144 valence electrons. The summed E-state index contributed by atoms with van der Waals surface area (Å²) in [5.74, 6) is -0.575. The van der Waals surface area contributed by atoms with Crippen LogP contribution in [0.2, 0.25) is 0 Å². The number of nitrogens with zero attached hydrogens (tertiary/aromatic N) is 1. The molecule has 0 saturated carbocycles. The molecule has 1 heterocycles. The molecule has 1 aromatic heterocycles. The summed E-state index contributed by atoms with van der Waals surface area (Å²) in [6.07, 6.45) is 0. The number of carbonyl (C=O) groups is 2. The fourth-order valence-corrected chi connectivity index (χ4v) is 2.94. The molecule has 0 unspecified atom stereocenters. The lowest BCUT2D eigenvalue weighted by Gasteiger charge is -2.07. The fourth-order valence-electron chi connectivity index (χ4n) is 2.94. The quantitative estimate of drug-likeness (QED) is 0.507. The molecule has 0 saturated heterocycles. The first kappa shape index (κ1) is 18.4. The molecule has 0 spiro atoms. The van der Waals surface area contributed by atoms with Crippen LogP contribution in [0.4, 0.5) is 10.1 Å². The summed E-state index contributed by atoms with van der Waals surface area (Å²) < 4.78 is 18.0. The number of rotatable bonds is 4. The lowest BCUT2D eigenvalue weighted by Crippen LogP contribution is -2.13. The van der Waals surface area contributed by atoms with E-state index in [1.165, 1.54) is 25.3 Å². The second-order valence-electron chi connectivity index (χ2n) is 6.35. The van der Waals surface area contributed by atoms with Crippen molar-refractivity contribution in [2.45, 2.75) is 0 Å². The van der Waals surface area contributed by atoms with Crippen molar-refractivity contribution < 1.29 is 18.7 Å². The minimum atomic E-state index is -0.505. The van der Waals surface area contributed by atoms with Gasteiger partial charge >= 0.3 is 5.97 Å². The Morgan fingerprint density at radius 3 is 2.52 bits per heavy atom. The average molecular weight is 389 g/mol. The van der Waals surface area contributed by atoms with E-state index in [9.17, 15) is 14.0 Å². The monoisotopic (exact) mass is 389 g/mol. The third-order valence-electron chi connectivity index (χ3n) is 4.41. The van der Waals surface area contributed by atoms with Crippen LogP contribution in [0.25, 0.3) is 22.4 Å². The van der Waals surface area contributed by atoms with E-state index in [0.717, 1.165) is 5.56 Å². The first-order valence-electron chi connectivity index (χ1n) is 8.79. The van der Waals surface area contributed by atoms with E-state index >= 15 is 0 Å². The average Bonchev–Trinajstić information content (AvgIpc) is 3.17. The number of amides is 1. The zero-order valence-electron chi connectivity index (χ0n) is 15.4. The van der Waals surface area contributed by atoms with Crippen molar-refractivity contribution in [1.82, 2.24) is 9.97 Å². The molecule has 0 aliphatic rings. The van der Waals surface area contributed by atoms with Crippen molar-refractivity contribution in [1.29, 1.82) is 0 Å². The zero-order chi connectivity index (χ0) is 20.4. The highest BCUT2D eigenvalue weighted by molar-refractivity contribution is 6.05. The highest BCUT2D eigenvalue weighted by Crippen LogP contribution is 2.23. The number of aromatic nitrogens is 2. The topological polar surface area (TPSA) is 84.1 Å². The Balaban J connectivity index is 1.52. The van der Waals surface area contributed by atoms with E-state index in [1.807, 2.05) is 0 Å². The van der Waals surface area contributed by atoms with Crippen LogP contribution in [0.1, 0.15) is 20.7 Å². The Labute approximate surface area is 165 Å². The van der Waals surface area contributed by atoms with Crippen molar-refractivity contribution in [2.24, 2.45) is 0 Å². The number of fused-ring (bicyclic) bond motifs is 1. The number of aromatic amines is 1. The molecule has 0 aliphatic heterocycles. The predicted octanol–water partition coefficient (Wildman–Crippen LogP) is 4.41. The smallest absolute Gasteiger partial charge is 0.337 e. The Bertz CT molecular complexity index is 1220. The van der Waals surface area contributed by atoms with Gasteiger partial charge in [-0.25, -0.2) is 14.2 Å². The standard InChI is InChI=1S/C22H16FN3O3/c1-29-22(28)15-4-2-3-14(11-15)21(27)24-17-8-5-13(6-9-17)20-25-18-10-7-16(23)12-19(18)26-20/h2-12H,1H3,(H,24,27)(H,25,26). The van der Waals surface area contributed by atoms with Gasteiger partial charge in [-0.2, -0.15) is 0 Å². The summed E-state index contributed by atoms with van der Waals surface area (Å²) in [5.41, 5.74) is 3.32. The van der Waals surface area contributed by atoms with Crippen molar-refractivity contribution >= 4 is 28.6 Å². The van der Waals surface area contributed by atoms with Crippen LogP contribution in [0, 0.1) is 5.82 Å². The van der Waals surface area contributed by atoms with Crippen LogP contribution in [-0.2, 0) is 4.74 Å². The molecule has 0 fully saturated rings. The van der Waals surface area contributed by atoms with E-state index in [1.54, 1.807) is 48.5 Å². The van der Waals surface area contributed by atoms with Gasteiger partial charge in [-0.15, -0.1) is 0 Å². The van der Waals surface area contributed by atoms with Gasteiger partial charge in [-0.1, -0.05) is 6.07 Å². The van der Waals surface area contributed by atoms with Gasteiger partial charge in [0, 0.05) is 16.8 Å². The summed E-state index contributed by atoms with van der Waals surface area (Å²) in [5, 5.41) is 2.78. The van der Waals surface area contributed by atoms with Gasteiger partial charge < -0.3 is 15.0 Å². The maximum atomic E-state index is 13.3. The number of hydrogen-bond acceptors (Lipinski definition) is 4. The number of hydrogen-bond donors (Lipinski definition) is 2. The summed E-state index contributed by atoms with van der Waals surface area (Å²) in [4.78, 5) is 31.6. The number of methoxy groups -OCH3 is 1. The fraction of sp³-hybridized carbons (Fsp3) is 0.0455. The van der Waals surface area contributed by atoms with Gasteiger partial charge in [0.25, 0.3) is 5.91 Å². The second kappa shape index (κ2) is 7.55. The molecular formula is C22H16FN3O3. The number of halogens is 1. The first-order valence-corrected chi connectivity index (χ1v) is 8.79. The number of H-pyrrole nitrogens is 1. The number of esters is 1. The van der Waals surface area contributed by atoms with Crippen molar-refractivity contribution in [3.05, 3.63) is 83.7 Å². The maximum Gasteiger partial charge on any atom is 0.337 e. The molecule has 6 nitrogen and oxygen atoms in total. The largest absolute Gasteiger partial charge is 0.465 e. The van der Waals surface area contributed by atoms with E-state index < -0.39 is 5.97 Å². The second-order valence-corrected chi connectivity index (χ2v) is 6.35. The number of nitrogens with one attached hydrogen (secondary N) is 2. The van der Waals surface area contributed by atoms with E-state index in [-0.39, 0.29) is 11.7 Å². The SMILES string of the molecule is COC(=O)c1cccc(C(=O)Nc2ccc(-c3nc4ccc(F)cc4[nH]3)cc2)c1. The third-order valence-corrected chi connectivity index (χ3v) is 4.41. The minimum absolute atomic E-state index is 0.303. The Morgan fingerprint density at radius 2 is 1.76 bits per heavy atom. The molecule has 0 atom stereocenters. The van der Waals surface area contributed by atoms with Gasteiger partial charge in [0.2, 0.25) is 0 Å². The molecule has 7 heteroatoms. The van der Waals surface area contributed by atoms with Crippen LogP contribution >= 0.6 is 0 Å². The summed E-state index contributed by atoms with van der Waals surface area (Å²) >= 11 is 0. The Kier molecular flexibility index (Phi) is 4.78. The van der Waals surface area contributed by atoms with Gasteiger partial charge in [-0.05, 0) is 60.7 Å². The van der Waals surface area contributed by atoms with Crippen molar-refractivity contribution in [3.8, 4) is 11.4 Å². The molecule has 0 bridgehead atoms. The molecule has 4 rings (SSSR count). The highest BCUT2D eigenvalue weighted by atomic mass is 19.1. The minimum Gasteiger partial charge on any atom is -0.465 e. The van der Waals surface area contributed by atoms with Crippen LogP contribution < -0.4 is 5.32 Å². The maximum absolute atomic E-state index is 13.3. The van der Waals surface area contributed by atoms with Gasteiger partial charge in [0.15, 0.2) is 0 Å². The predicted molar refractivity (Wildman–Crippen MR) is 107 cm³/mol. The van der Waals surface area contributed by atoms with E-state index in [4.69, 9.17) is 0 Å². The number of anilines is 1. The van der Waals surface area contributed by atoms with Gasteiger partial charge in [0.1, 0.15) is 11.6 Å². The molecule has 3 aromatic carbocycles. The van der Waals surface area contributed by atoms with Crippen LogP contribution in [-0.4, -0.2) is 29.0 Å². The summed E-state index contributed by atoms with van der Waals surface area (Å²) in [6.45, 7) is 0. The van der Waals surface area contributed by atoms with E-state index in [2.05, 4.69) is 20.0 Å². The van der Waals surface area contributed by atoms with Crippen LogP contribution in [0.3, 0.4) is 0 Å². The van der Waals surface area contributed by atoms with Crippen LogP contribution in [0.5, 0.6) is 0 Å². The molecule has 0 aliphatic carbocycles. The molecule has 4 aromatic rings. The van der Waals surface area contributed by atoms with E-state index in [0.29, 0.717) is 33.7 Å². The van der Waals surface area contributed by atoms with Crippen molar-refractivity contribution in [3.63, 3.8) is 0 Å². The zero-order valence-corrected chi connectivity index (χ0v) is 15.4. The Hall–Kier alpha value is -4.00. The number of carbonyl (C=O) groups excluding carboxylic acids is 2. The first-order chi connectivity index (χ1) is 14.0. The number of imidazole rings is 1. The van der Waals surface area contributed by atoms with Crippen molar-refractivity contribution in [2.75, 3.05) is 12.4 Å².